The highest BCUT2D eigenvalue weighted by atomic mass is 32.1. The lowest BCUT2D eigenvalue weighted by Gasteiger charge is -2.12. The molecule has 0 saturated carbocycles. The number of fused-ring (bicyclic) bond motifs is 1. The van der Waals surface area contributed by atoms with E-state index in [-0.39, 0.29) is 12.0 Å². The third kappa shape index (κ3) is 2.89. The lowest BCUT2D eigenvalue weighted by atomic mass is 9.96. The van der Waals surface area contributed by atoms with Gasteiger partial charge in [-0.2, -0.15) is 0 Å². The first-order valence-corrected chi connectivity index (χ1v) is 9.31. The second-order valence-corrected chi connectivity index (χ2v) is 7.15. The Morgan fingerprint density at radius 3 is 2.76 bits per heavy atom. The lowest BCUT2D eigenvalue weighted by molar-refractivity contribution is 0.0239. The summed E-state index contributed by atoms with van der Waals surface area (Å²) >= 11 is 1.46. The molecule has 25 heavy (non-hydrogen) atoms. The topological polar surface area (TPSA) is 44.2 Å². The molecule has 4 nitrogen and oxygen atoms in total. The summed E-state index contributed by atoms with van der Waals surface area (Å²) in [5, 5.41) is 1.92. The van der Waals surface area contributed by atoms with Crippen LogP contribution in [0.2, 0.25) is 0 Å². The number of halogens is 1. The fourth-order valence-electron chi connectivity index (χ4n) is 3.30. The van der Waals surface area contributed by atoms with Crippen LogP contribution in [-0.2, 0) is 4.74 Å². The number of hydrogen-bond donors (Lipinski definition) is 0. The molecule has 0 spiro atoms. The van der Waals surface area contributed by atoms with Gasteiger partial charge in [-0.3, -0.25) is 0 Å². The molecule has 0 unspecified atom stereocenters. The number of para-hydroxylation sites is 1. The molecular weight excluding hydrogens is 339 g/mol. The number of ether oxygens (including phenoxy) is 2. The fraction of sp³-hybridized carbons (Fsp3) is 0.368. The molecule has 2 aromatic heterocycles. The summed E-state index contributed by atoms with van der Waals surface area (Å²) in [6.07, 6.45) is 0.596. The van der Waals surface area contributed by atoms with Crippen molar-refractivity contribution in [2.45, 2.75) is 38.6 Å². The number of rotatable bonds is 4. The molecule has 1 aliphatic rings. The van der Waals surface area contributed by atoms with Crippen molar-refractivity contribution < 1.29 is 13.9 Å². The van der Waals surface area contributed by atoms with Crippen LogP contribution < -0.4 is 4.74 Å². The minimum atomic E-state index is -1.03. The second-order valence-electron chi connectivity index (χ2n) is 6.27. The van der Waals surface area contributed by atoms with Crippen molar-refractivity contribution in [3.63, 3.8) is 0 Å². The molecule has 3 aromatic rings. The van der Waals surface area contributed by atoms with E-state index in [2.05, 4.69) is 9.97 Å². The van der Waals surface area contributed by atoms with E-state index in [0.29, 0.717) is 17.1 Å². The predicted octanol–water partition coefficient (Wildman–Crippen LogP) is 5.31. The zero-order valence-corrected chi connectivity index (χ0v) is 14.9. The lowest BCUT2D eigenvalue weighted by Crippen LogP contribution is -2.17. The number of hydrogen-bond acceptors (Lipinski definition) is 5. The van der Waals surface area contributed by atoms with Gasteiger partial charge in [0.15, 0.2) is 0 Å². The van der Waals surface area contributed by atoms with Gasteiger partial charge in [0.05, 0.1) is 11.6 Å². The van der Waals surface area contributed by atoms with Crippen molar-refractivity contribution in [3.8, 4) is 11.6 Å². The van der Waals surface area contributed by atoms with Gasteiger partial charge in [0.2, 0.25) is 5.88 Å². The molecule has 1 fully saturated rings. The summed E-state index contributed by atoms with van der Waals surface area (Å²) in [4.78, 5) is 8.62. The zero-order chi connectivity index (χ0) is 17.4. The third-order valence-electron chi connectivity index (χ3n) is 4.71. The van der Waals surface area contributed by atoms with Crippen molar-refractivity contribution in [3.05, 3.63) is 47.6 Å². The largest absolute Gasteiger partial charge is 0.437 e. The summed E-state index contributed by atoms with van der Waals surface area (Å²) < 4.78 is 27.4. The number of thiophene rings is 1. The van der Waals surface area contributed by atoms with E-state index in [1.807, 2.05) is 49.6 Å². The molecule has 0 radical (unpaired) electrons. The van der Waals surface area contributed by atoms with Crippen LogP contribution in [0.5, 0.6) is 11.6 Å². The van der Waals surface area contributed by atoms with Gasteiger partial charge in [0, 0.05) is 11.5 Å². The van der Waals surface area contributed by atoms with Crippen molar-refractivity contribution in [2.75, 3.05) is 0 Å². The van der Waals surface area contributed by atoms with E-state index >= 15 is 0 Å². The van der Waals surface area contributed by atoms with Crippen molar-refractivity contribution in [1.29, 1.82) is 0 Å². The Kier molecular flexibility index (Phi) is 4.39. The average Bonchev–Trinajstić information content (AvgIpc) is 3.18. The summed E-state index contributed by atoms with van der Waals surface area (Å²) in [5.74, 6) is 1.07. The summed E-state index contributed by atoms with van der Waals surface area (Å²) in [5.41, 5.74) is 1.50. The van der Waals surface area contributed by atoms with E-state index in [1.54, 1.807) is 0 Å². The average molecular weight is 358 g/mol. The van der Waals surface area contributed by atoms with Crippen molar-refractivity contribution in [2.24, 2.45) is 5.92 Å². The monoisotopic (exact) mass is 358 g/mol. The Bertz CT molecular complexity index is 870. The highest BCUT2D eigenvalue weighted by molar-refractivity contribution is 7.17. The summed E-state index contributed by atoms with van der Waals surface area (Å²) in [7, 11) is 0. The minimum absolute atomic E-state index is 0.0585. The number of benzene rings is 1. The SMILES string of the molecule is CC[C@H]1O[C@@H](c2csc3c(Oc4ccccc4)ncnc23)[C@H](F)[C@@H]1C. The Hall–Kier alpha value is -2.05. The first-order valence-electron chi connectivity index (χ1n) is 8.43. The molecule has 0 aliphatic carbocycles. The van der Waals surface area contributed by atoms with Gasteiger partial charge in [-0.15, -0.1) is 11.3 Å². The smallest absolute Gasteiger partial charge is 0.240 e. The molecule has 6 heteroatoms. The highest BCUT2D eigenvalue weighted by Gasteiger charge is 2.43. The van der Waals surface area contributed by atoms with Gasteiger partial charge in [0.1, 0.15) is 29.1 Å². The van der Waals surface area contributed by atoms with Gasteiger partial charge in [-0.1, -0.05) is 32.0 Å². The molecule has 0 N–H and O–H groups in total. The Balaban J connectivity index is 1.70. The number of nitrogens with zero attached hydrogens (tertiary/aromatic N) is 2. The quantitative estimate of drug-likeness (QED) is 0.634. The third-order valence-corrected chi connectivity index (χ3v) is 5.69. The van der Waals surface area contributed by atoms with Gasteiger partial charge < -0.3 is 9.47 Å². The fourth-order valence-corrected chi connectivity index (χ4v) is 4.27. The standard InChI is InChI=1S/C19H19FN2O2S/c1-3-14-11(2)15(20)17(24-14)13-9-25-18-16(13)21-10-22-19(18)23-12-7-5-4-6-8-12/h4-11,14-15,17H,3H2,1-2H3/t11-,14-,15-,17+/m1/s1. The normalized spacial score (nSPS) is 26.2. The van der Waals surface area contributed by atoms with Gasteiger partial charge in [-0.05, 0) is 23.9 Å². The van der Waals surface area contributed by atoms with Crippen LogP contribution in [0.4, 0.5) is 4.39 Å². The molecule has 4 rings (SSSR count). The van der Waals surface area contributed by atoms with Gasteiger partial charge in [-0.25, -0.2) is 14.4 Å². The molecule has 130 valence electrons. The van der Waals surface area contributed by atoms with Crippen molar-refractivity contribution in [1.82, 2.24) is 9.97 Å². The first kappa shape index (κ1) is 16.4. The molecular formula is C19H19FN2O2S. The number of aromatic nitrogens is 2. The van der Waals surface area contributed by atoms with Crippen molar-refractivity contribution >= 4 is 21.6 Å². The Labute approximate surface area is 149 Å². The maximum absolute atomic E-state index is 14.8. The second kappa shape index (κ2) is 6.69. The number of alkyl halides is 1. The van der Waals surface area contributed by atoms with Crippen LogP contribution in [0.25, 0.3) is 10.2 Å². The molecule has 4 atom stereocenters. The van der Waals surface area contributed by atoms with Crippen LogP contribution in [0.1, 0.15) is 31.9 Å². The maximum Gasteiger partial charge on any atom is 0.240 e. The van der Waals surface area contributed by atoms with E-state index in [0.717, 1.165) is 16.7 Å². The maximum atomic E-state index is 14.8. The van der Waals surface area contributed by atoms with E-state index < -0.39 is 12.3 Å². The zero-order valence-electron chi connectivity index (χ0n) is 14.1. The Morgan fingerprint density at radius 2 is 2.04 bits per heavy atom. The van der Waals surface area contributed by atoms with Crippen LogP contribution in [-0.4, -0.2) is 22.2 Å². The first-order chi connectivity index (χ1) is 12.2. The molecule has 1 aliphatic heterocycles. The predicted molar refractivity (Wildman–Crippen MR) is 95.9 cm³/mol. The summed E-state index contributed by atoms with van der Waals surface area (Å²) in [6.45, 7) is 3.93. The molecule has 3 heterocycles. The van der Waals surface area contributed by atoms with E-state index in [1.165, 1.54) is 17.7 Å². The minimum Gasteiger partial charge on any atom is -0.437 e. The van der Waals surface area contributed by atoms with Gasteiger partial charge in [0.25, 0.3) is 0 Å². The molecule has 0 amide bonds. The Morgan fingerprint density at radius 1 is 1.24 bits per heavy atom. The molecule has 0 bridgehead atoms. The van der Waals surface area contributed by atoms with Crippen LogP contribution in [0.3, 0.4) is 0 Å². The molecule has 1 saturated heterocycles. The van der Waals surface area contributed by atoms with Gasteiger partial charge >= 0.3 is 0 Å². The van der Waals surface area contributed by atoms with Crippen LogP contribution in [0, 0.1) is 5.92 Å². The van der Waals surface area contributed by atoms with E-state index in [4.69, 9.17) is 9.47 Å². The summed E-state index contributed by atoms with van der Waals surface area (Å²) in [6, 6.07) is 9.47. The highest BCUT2D eigenvalue weighted by Crippen LogP contribution is 2.45. The molecule has 1 aromatic carbocycles. The van der Waals surface area contributed by atoms with Crippen LogP contribution in [0.15, 0.2) is 42.0 Å². The van der Waals surface area contributed by atoms with E-state index in [9.17, 15) is 4.39 Å². The van der Waals surface area contributed by atoms with Crippen LogP contribution >= 0.6 is 11.3 Å².